The second-order valence-electron chi connectivity index (χ2n) is 7.94. The van der Waals surface area contributed by atoms with Crippen LogP contribution in [0.4, 0.5) is 0 Å². The van der Waals surface area contributed by atoms with E-state index in [0.717, 1.165) is 19.3 Å². The van der Waals surface area contributed by atoms with E-state index >= 15 is 0 Å². The summed E-state index contributed by atoms with van der Waals surface area (Å²) in [6.07, 6.45) is 9.29. The number of aliphatic hydroxyl groups is 1. The number of hydrogen-bond donors (Lipinski definition) is 2. The number of aliphatic carboxylic acids is 1. The van der Waals surface area contributed by atoms with Gasteiger partial charge in [-0.3, -0.25) is 9.59 Å². The van der Waals surface area contributed by atoms with Gasteiger partial charge in [0.1, 0.15) is 6.10 Å². The van der Waals surface area contributed by atoms with Crippen molar-refractivity contribution in [2.45, 2.75) is 50.7 Å². The topological polar surface area (TPSA) is 83.8 Å². The minimum atomic E-state index is -0.643. The maximum Gasteiger partial charge on any atom is 0.306 e. The summed E-state index contributed by atoms with van der Waals surface area (Å²) in [5, 5.41) is 18.2. The second kappa shape index (κ2) is 5.62. The van der Waals surface area contributed by atoms with Crippen molar-refractivity contribution in [2.24, 2.45) is 35.5 Å². The van der Waals surface area contributed by atoms with E-state index in [-0.39, 0.29) is 18.2 Å². The van der Waals surface area contributed by atoms with E-state index in [2.05, 4.69) is 12.2 Å². The first-order valence-corrected chi connectivity index (χ1v) is 8.79. The minimum absolute atomic E-state index is 0.111. The normalized spacial score (nSPS) is 48.1. The number of carboxylic acid groups (broad SMARTS) is 1. The van der Waals surface area contributed by atoms with Crippen LogP contribution in [0.1, 0.15) is 38.5 Å². The second-order valence-corrected chi connectivity index (χ2v) is 7.94. The molecule has 8 atom stereocenters. The van der Waals surface area contributed by atoms with Gasteiger partial charge in [-0.15, -0.1) is 0 Å². The van der Waals surface area contributed by atoms with Gasteiger partial charge < -0.3 is 14.9 Å². The molecule has 1 heterocycles. The number of carbonyl (C=O) groups excluding carboxylic acids is 1. The molecule has 3 saturated carbocycles. The molecule has 5 aliphatic rings. The number of carboxylic acids is 1. The van der Waals surface area contributed by atoms with Gasteiger partial charge in [-0.2, -0.15) is 0 Å². The highest BCUT2D eigenvalue weighted by molar-refractivity contribution is 5.71. The fraction of sp³-hybridized carbons (Fsp3) is 0.778. The van der Waals surface area contributed by atoms with Crippen molar-refractivity contribution in [1.29, 1.82) is 0 Å². The lowest BCUT2D eigenvalue weighted by Crippen LogP contribution is -2.44. The predicted octanol–water partition coefficient (Wildman–Crippen LogP) is 1.99. The third-order valence-corrected chi connectivity index (χ3v) is 6.58. The van der Waals surface area contributed by atoms with E-state index in [4.69, 9.17) is 9.84 Å². The van der Waals surface area contributed by atoms with Crippen LogP contribution in [0.15, 0.2) is 12.2 Å². The van der Waals surface area contributed by atoms with Crippen molar-refractivity contribution in [1.82, 2.24) is 0 Å². The molecule has 5 heteroatoms. The zero-order valence-corrected chi connectivity index (χ0v) is 13.1. The first-order chi connectivity index (χ1) is 11.0. The van der Waals surface area contributed by atoms with Gasteiger partial charge in [0.05, 0.1) is 6.10 Å². The van der Waals surface area contributed by atoms with Crippen LogP contribution in [-0.2, 0) is 14.3 Å². The molecule has 2 N–H and O–H groups in total. The van der Waals surface area contributed by atoms with E-state index in [1.54, 1.807) is 0 Å². The summed E-state index contributed by atoms with van der Waals surface area (Å²) in [6.45, 7) is 0. The summed E-state index contributed by atoms with van der Waals surface area (Å²) in [4.78, 5) is 21.5. The number of ether oxygens (including phenoxy) is 1. The molecule has 4 fully saturated rings. The first-order valence-electron chi connectivity index (χ1n) is 8.79. The predicted molar refractivity (Wildman–Crippen MR) is 81.3 cm³/mol. The van der Waals surface area contributed by atoms with Crippen LogP contribution < -0.4 is 0 Å². The van der Waals surface area contributed by atoms with Gasteiger partial charge in [0.25, 0.3) is 0 Å². The van der Waals surface area contributed by atoms with E-state index in [1.165, 1.54) is 6.42 Å². The molecule has 0 aromatic heterocycles. The molecule has 0 radical (unpaired) electrons. The summed E-state index contributed by atoms with van der Waals surface area (Å²) in [5.41, 5.74) is 0. The van der Waals surface area contributed by atoms with Gasteiger partial charge in [0, 0.05) is 18.8 Å². The molecule has 1 saturated heterocycles. The molecular weight excluding hydrogens is 296 g/mol. The third-order valence-electron chi connectivity index (χ3n) is 6.58. The lowest BCUT2D eigenvalue weighted by molar-refractivity contribution is -0.173. The minimum Gasteiger partial charge on any atom is -0.481 e. The Bertz CT molecular complexity index is 542. The number of hydrogen-bond acceptors (Lipinski definition) is 4. The van der Waals surface area contributed by atoms with E-state index in [9.17, 15) is 14.7 Å². The average molecular weight is 320 g/mol. The molecule has 23 heavy (non-hydrogen) atoms. The van der Waals surface area contributed by atoms with Gasteiger partial charge >= 0.3 is 11.9 Å². The van der Waals surface area contributed by atoms with Crippen molar-refractivity contribution in [3.8, 4) is 0 Å². The van der Waals surface area contributed by atoms with Crippen molar-refractivity contribution < 1.29 is 24.5 Å². The van der Waals surface area contributed by atoms with E-state index in [1.807, 2.05) is 0 Å². The van der Waals surface area contributed by atoms with Crippen LogP contribution in [-0.4, -0.2) is 34.4 Å². The molecule has 5 nitrogen and oxygen atoms in total. The largest absolute Gasteiger partial charge is 0.481 e. The zero-order valence-electron chi connectivity index (χ0n) is 13.1. The van der Waals surface area contributed by atoms with Crippen LogP contribution in [0.2, 0.25) is 0 Å². The smallest absolute Gasteiger partial charge is 0.306 e. The Labute approximate surface area is 135 Å². The fourth-order valence-corrected chi connectivity index (χ4v) is 5.56. The Morgan fingerprint density at radius 3 is 2.61 bits per heavy atom. The maximum absolute atomic E-state index is 11.1. The van der Waals surface area contributed by atoms with Crippen LogP contribution in [0, 0.1) is 35.5 Å². The molecule has 126 valence electrons. The molecule has 0 aromatic carbocycles. The Morgan fingerprint density at radius 1 is 1.17 bits per heavy atom. The molecular formula is C18H24O5. The van der Waals surface area contributed by atoms with Gasteiger partial charge in [0.15, 0.2) is 0 Å². The summed E-state index contributed by atoms with van der Waals surface area (Å²) in [7, 11) is 0. The summed E-state index contributed by atoms with van der Waals surface area (Å²) < 4.78 is 5.13. The average Bonchev–Trinajstić information content (AvgIpc) is 3.22. The molecule has 0 amide bonds. The van der Waals surface area contributed by atoms with Crippen molar-refractivity contribution in [3.63, 3.8) is 0 Å². The maximum atomic E-state index is 11.1. The Balaban J connectivity index is 0.000000118. The van der Waals surface area contributed by atoms with Gasteiger partial charge in [-0.25, -0.2) is 0 Å². The van der Waals surface area contributed by atoms with E-state index in [0.29, 0.717) is 48.3 Å². The summed E-state index contributed by atoms with van der Waals surface area (Å²) >= 11 is 0. The van der Waals surface area contributed by atoms with E-state index < -0.39 is 5.97 Å². The SMILES string of the molecule is O=C(O)CC1CC2C=CC1C2.O=C1CC2CC3CC2C(O1)C3O. The standard InChI is InChI=1S/C9H12O3.C9H12O2/c10-7-3-4-1-5-2-6(4)9(12-7)8(5)11;10-9(11)5-8-4-6-1-2-7(8)3-6/h4-6,8-9,11H,1-3H2;1-2,6-8H,3-5H2,(H,10,11). The lowest BCUT2D eigenvalue weighted by Gasteiger charge is -2.36. The molecule has 0 spiro atoms. The lowest BCUT2D eigenvalue weighted by atomic mass is 9.81. The molecule has 4 bridgehead atoms. The molecule has 1 aliphatic heterocycles. The quantitative estimate of drug-likeness (QED) is 0.600. The van der Waals surface area contributed by atoms with Gasteiger partial charge in [0.2, 0.25) is 0 Å². The van der Waals surface area contributed by atoms with Crippen molar-refractivity contribution >= 4 is 11.9 Å². The highest BCUT2D eigenvalue weighted by Gasteiger charge is 2.56. The Hall–Kier alpha value is -1.36. The number of fused-ring (bicyclic) bond motifs is 3. The molecule has 4 aliphatic carbocycles. The molecule has 5 rings (SSSR count). The Morgan fingerprint density at radius 2 is 2.00 bits per heavy atom. The number of esters is 1. The molecule has 0 aromatic rings. The highest BCUT2D eigenvalue weighted by atomic mass is 16.6. The highest BCUT2D eigenvalue weighted by Crippen LogP contribution is 2.53. The third kappa shape index (κ3) is 2.69. The number of rotatable bonds is 2. The monoisotopic (exact) mass is 320 g/mol. The van der Waals surface area contributed by atoms with Crippen LogP contribution in [0.3, 0.4) is 0 Å². The number of allylic oxidation sites excluding steroid dienone is 2. The van der Waals surface area contributed by atoms with Gasteiger partial charge in [-0.05, 0) is 55.3 Å². The Kier molecular flexibility index (Phi) is 3.71. The van der Waals surface area contributed by atoms with Crippen molar-refractivity contribution in [3.05, 3.63) is 12.2 Å². The molecule has 8 unspecified atom stereocenters. The van der Waals surface area contributed by atoms with Crippen molar-refractivity contribution in [2.75, 3.05) is 0 Å². The van der Waals surface area contributed by atoms with Crippen LogP contribution >= 0.6 is 0 Å². The van der Waals surface area contributed by atoms with Gasteiger partial charge in [-0.1, -0.05) is 12.2 Å². The number of carbonyl (C=O) groups is 2. The summed E-state index contributed by atoms with van der Waals surface area (Å²) in [5.74, 6) is 2.37. The van der Waals surface area contributed by atoms with Crippen LogP contribution in [0.5, 0.6) is 0 Å². The fourth-order valence-electron chi connectivity index (χ4n) is 5.56. The number of aliphatic hydroxyl groups excluding tert-OH is 1. The van der Waals surface area contributed by atoms with Crippen LogP contribution in [0.25, 0.3) is 0 Å². The summed E-state index contributed by atoms with van der Waals surface area (Å²) in [6, 6.07) is 0. The zero-order chi connectivity index (χ0) is 16.1. The first kappa shape index (κ1) is 15.2.